The van der Waals surface area contributed by atoms with Gasteiger partial charge < -0.3 is 15.1 Å². The number of anilines is 1. The SMILES string of the molecule is Cc1ccccc1CNC(=O)N1CCN(c2cccc(F)c2)CC1. The summed E-state index contributed by atoms with van der Waals surface area (Å²) >= 11 is 0. The van der Waals surface area contributed by atoms with Gasteiger partial charge in [-0.3, -0.25) is 0 Å². The number of halogens is 1. The molecule has 2 amide bonds. The number of amides is 2. The Morgan fingerprint density at radius 3 is 2.54 bits per heavy atom. The highest BCUT2D eigenvalue weighted by molar-refractivity contribution is 5.74. The molecule has 2 aromatic rings. The lowest BCUT2D eigenvalue weighted by Crippen LogP contribution is -2.51. The van der Waals surface area contributed by atoms with Gasteiger partial charge in [0.1, 0.15) is 5.82 Å². The smallest absolute Gasteiger partial charge is 0.317 e. The molecule has 126 valence electrons. The van der Waals surface area contributed by atoms with Crippen LogP contribution in [0.25, 0.3) is 0 Å². The molecular formula is C19H22FN3O. The first kappa shape index (κ1) is 16.3. The Kier molecular flexibility index (Phi) is 4.99. The van der Waals surface area contributed by atoms with E-state index in [4.69, 9.17) is 0 Å². The Labute approximate surface area is 141 Å². The van der Waals surface area contributed by atoms with Crippen LogP contribution in [0.3, 0.4) is 0 Å². The second kappa shape index (κ2) is 7.34. The Morgan fingerprint density at radius 1 is 1.08 bits per heavy atom. The summed E-state index contributed by atoms with van der Waals surface area (Å²) in [7, 11) is 0. The van der Waals surface area contributed by atoms with E-state index in [1.54, 1.807) is 6.07 Å². The molecule has 0 saturated carbocycles. The van der Waals surface area contributed by atoms with Crippen molar-refractivity contribution in [1.82, 2.24) is 10.2 Å². The molecule has 0 aromatic heterocycles. The standard InChI is InChI=1S/C19H22FN3O/c1-15-5-2-3-6-16(15)14-21-19(24)23-11-9-22(10-12-23)18-8-4-7-17(20)13-18/h2-8,13H,9-12,14H2,1H3,(H,21,24). The maximum absolute atomic E-state index is 13.3. The highest BCUT2D eigenvalue weighted by Gasteiger charge is 2.21. The topological polar surface area (TPSA) is 35.6 Å². The number of carbonyl (C=O) groups excluding carboxylic acids is 1. The van der Waals surface area contributed by atoms with Crippen LogP contribution >= 0.6 is 0 Å². The molecular weight excluding hydrogens is 305 g/mol. The van der Waals surface area contributed by atoms with Crippen LogP contribution in [0.5, 0.6) is 0 Å². The first-order chi connectivity index (χ1) is 11.6. The van der Waals surface area contributed by atoms with Gasteiger partial charge in [-0.15, -0.1) is 0 Å². The number of carbonyl (C=O) groups is 1. The molecule has 0 radical (unpaired) electrons. The highest BCUT2D eigenvalue weighted by Crippen LogP contribution is 2.17. The van der Waals surface area contributed by atoms with Crippen molar-refractivity contribution in [2.75, 3.05) is 31.1 Å². The molecule has 1 fully saturated rings. The van der Waals surface area contributed by atoms with E-state index in [9.17, 15) is 9.18 Å². The second-order valence-electron chi connectivity index (χ2n) is 6.04. The number of piperazine rings is 1. The summed E-state index contributed by atoms with van der Waals surface area (Å²) < 4.78 is 13.3. The van der Waals surface area contributed by atoms with Gasteiger partial charge in [0.05, 0.1) is 0 Å². The third-order valence-corrected chi connectivity index (χ3v) is 4.43. The van der Waals surface area contributed by atoms with Crippen molar-refractivity contribution in [3.63, 3.8) is 0 Å². The van der Waals surface area contributed by atoms with Gasteiger partial charge in [-0.25, -0.2) is 9.18 Å². The number of hydrogen-bond acceptors (Lipinski definition) is 2. The molecule has 1 heterocycles. The number of nitrogens with zero attached hydrogens (tertiary/aromatic N) is 2. The minimum absolute atomic E-state index is 0.0443. The Bertz CT molecular complexity index is 711. The van der Waals surface area contributed by atoms with Gasteiger partial charge in [0.25, 0.3) is 0 Å². The summed E-state index contributed by atoms with van der Waals surface area (Å²) in [4.78, 5) is 16.2. The van der Waals surface area contributed by atoms with E-state index in [0.717, 1.165) is 11.3 Å². The summed E-state index contributed by atoms with van der Waals surface area (Å²) in [5.74, 6) is -0.231. The average Bonchev–Trinajstić information content (AvgIpc) is 2.61. The third-order valence-electron chi connectivity index (χ3n) is 4.43. The van der Waals surface area contributed by atoms with E-state index < -0.39 is 0 Å². The van der Waals surface area contributed by atoms with Gasteiger partial charge in [0.15, 0.2) is 0 Å². The largest absolute Gasteiger partial charge is 0.368 e. The number of nitrogens with one attached hydrogen (secondary N) is 1. The first-order valence-electron chi connectivity index (χ1n) is 8.21. The van der Waals surface area contributed by atoms with Crippen LogP contribution in [0, 0.1) is 12.7 Å². The van der Waals surface area contributed by atoms with Crippen molar-refractivity contribution in [3.05, 3.63) is 65.5 Å². The quantitative estimate of drug-likeness (QED) is 0.940. The fourth-order valence-electron chi connectivity index (χ4n) is 2.93. The number of aryl methyl sites for hydroxylation is 1. The van der Waals surface area contributed by atoms with E-state index in [1.165, 1.54) is 17.7 Å². The lowest BCUT2D eigenvalue weighted by atomic mass is 10.1. The molecule has 1 N–H and O–H groups in total. The lowest BCUT2D eigenvalue weighted by molar-refractivity contribution is 0.194. The molecule has 0 aliphatic carbocycles. The maximum Gasteiger partial charge on any atom is 0.317 e. The Balaban J connectivity index is 1.51. The second-order valence-corrected chi connectivity index (χ2v) is 6.04. The van der Waals surface area contributed by atoms with Crippen molar-refractivity contribution in [1.29, 1.82) is 0 Å². The average molecular weight is 327 g/mol. The van der Waals surface area contributed by atoms with Crippen LogP contribution in [0.2, 0.25) is 0 Å². The zero-order valence-corrected chi connectivity index (χ0v) is 13.8. The summed E-state index contributed by atoms with van der Waals surface area (Å²) in [5, 5.41) is 2.98. The van der Waals surface area contributed by atoms with Crippen LogP contribution in [-0.4, -0.2) is 37.1 Å². The van der Waals surface area contributed by atoms with Crippen LogP contribution in [0.1, 0.15) is 11.1 Å². The number of benzene rings is 2. The van der Waals surface area contributed by atoms with Gasteiger partial charge in [0.2, 0.25) is 0 Å². The van der Waals surface area contributed by atoms with E-state index in [2.05, 4.69) is 10.2 Å². The van der Waals surface area contributed by atoms with Crippen LogP contribution in [-0.2, 0) is 6.54 Å². The molecule has 24 heavy (non-hydrogen) atoms. The van der Waals surface area contributed by atoms with Gasteiger partial charge in [-0.05, 0) is 36.2 Å². The van der Waals surface area contributed by atoms with E-state index in [0.29, 0.717) is 32.7 Å². The first-order valence-corrected chi connectivity index (χ1v) is 8.21. The van der Waals surface area contributed by atoms with Crippen molar-refractivity contribution < 1.29 is 9.18 Å². The van der Waals surface area contributed by atoms with E-state index in [1.807, 2.05) is 42.2 Å². The lowest BCUT2D eigenvalue weighted by Gasteiger charge is -2.36. The molecule has 3 rings (SSSR count). The van der Waals surface area contributed by atoms with Crippen molar-refractivity contribution in [3.8, 4) is 0 Å². The summed E-state index contributed by atoms with van der Waals surface area (Å²) in [6, 6.07) is 14.6. The van der Waals surface area contributed by atoms with Crippen molar-refractivity contribution in [2.45, 2.75) is 13.5 Å². The fraction of sp³-hybridized carbons (Fsp3) is 0.316. The molecule has 1 aliphatic rings. The van der Waals surface area contributed by atoms with Crippen LogP contribution < -0.4 is 10.2 Å². The van der Waals surface area contributed by atoms with Crippen molar-refractivity contribution >= 4 is 11.7 Å². The van der Waals surface area contributed by atoms with Gasteiger partial charge in [-0.2, -0.15) is 0 Å². The fourth-order valence-corrected chi connectivity index (χ4v) is 2.93. The molecule has 0 spiro atoms. The summed E-state index contributed by atoms with van der Waals surface area (Å²) in [6.07, 6.45) is 0. The predicted octanol–water partition coefficient (Wildman–Crippen LogP) is 3.17. The molecule has 2 aromatic carbocycles. The molecule has 1 aliphatic heterocycles. The number of urea groups is 1. The Hall–Kier alpha value is -2.56. The molecule has 0 unspecified atom stereocenters. The Morgan fingerprint density at radius 2 is 1.83 bits per heavy atom. The summed E-state index contributed by atoms with van der Waals surface area (Å²) in [6.45, 7) is 5.27. The summed E-state index contributed by atoms with van der Waals surface area (Å²) in [5.41, 5.74) is 3.17. The molecule has 0 atom stereocenters. The third kappa shape index (κ3) is 3.85. The number of rotatable bonds is 3. The minimum Gasteiger partial charge on any atom is -0.368 e. The van der Waals surface area contributed by atoms with Gasteiger partial charge in [0, 0.05) is 38.4 Å². The molecule has 5 heteroatoms. The van der Waals surface area contributed by atoms with E-state index >= 15 is 0 Å². The van der Waals surface area contributed by atoms with Crippen LogP contribution in [0.4, 0.5) is 14.9 Å². The normalized spacial score (nSPS) is 14.6. The highest BCUT2D eigenvalue weighted by atomic mass is 19.1. The zero-order valence-electron chi connectivity index (χ0n) is 13.8. The monoisotopic (exact) mass is 327 g/mol. The van der Waals surface area contributed by atoms with Gasteiger partial charge >= 0.3 is 6.03 Å². The molecule has 4 nitrogen and oxygen atoms in total. The zero-order chi connectivity index (χ0) is 16.9. The molecule has 0 bridgehead atoms. The minimum atomic E-state index is -0.231. The number of hydrogen-bond donors (Lipinski definition) is 1. The maximum atomic E-state index is 13.3. The predicted molar refractivity (Wildman–Crippen MR) is 93.6 cm³/mol. The molecule has 1 saturated heterocycles. The van der Waals surface area contributed by atoms with Gasteiger partial charge in [-0.1, -0.05) is 30.3 Å². The van der Waals surface area contributed by atoms with E-state index in [-0.39, 0.29) is 11.8 Å². The van der Waals surface area contributed by atoms with Crippen LogP contribution in [0.15, 0.2) is 48.5 Å². The van der Waals surface area contributed by atoms with Crippen molar-refractivity contribution in [2.24, 2.45) is 0 Å².